The van der Waals surface area contributed by atoms with Crippen LogP contribution in [0.2, 0.25) is 0 Å². The lowest BCUT2D eigenvalue weighted by molar-refractivity contribution is 0.241. The number of fused-ring (bicyclic) bond motifs is 7. The largest absolute Gasteiger partial charge is 0.139 e. The molecule has 0 amide bonds. The van der Waals surface area contributed by atoms with E-state index in [-0.39, 0.29) is 5.41 Å². The van der Waals surface area contributed by atoms with E-state index in [0.717, 1.165) is 5.03 Å². The molecule has 3 aliphatic carbocycles. The van der Waals surface area contributed by atoms with Gasteiger partial charge in [0.25, 0.3) is 0 Å². The summed E-state index contributed by atoms with van der Waals surface area (Å²) in [7, 11) is 0. The van der Waals surface area contributed by atoms with Crippen molar-refractivity contribution in [2.24, 2.45) is 23.2 Å². The zero-order valence-electron chi connectivity index (χ0n) is 13.3. The average molecular weight is 339 g/mol. The number of hydrogen-bond acceptors (Lipinski definition) is 1. The maximum Gasteiger partial charge on any atom is 0.0366 e. The minimum absolute atomic E-state index is 0.241. The fraction of sp³-hybridized carbons (Fsp3) is 0.333. The number of allylic oxidation sites excluding steroid dienone is 5. The van der Waals surface area contributed by atoms with Crippen molar-refractivity contribution < 1.29 is 0 Å². The van der Waals surface area contributed by atoms with Gasteiger partial charge in [0.05, 0.1) is 0 Å². The molecular formula is C21H19ClS. The van der Waals surface area contributed by atoms with Gasteiger partial charge in [-0.1, -0.05) is 68.0 Å². The Balaban J connectivity index is 1.74. The Labute approximate surface area is 146 Å². The molecule has 116 valence electrons. The van der Waals surface area contributed by atoms with Crippen LogP contribution in [0.4, 0.5) is 0 Å². The molecule has 23 heavy (non-hydrogen) atoms. The van der Waals surface area contributed by atoms with E-state index in [2.05, 4.69) is 68.5 Å². The van der Waals surface area contributed by atoms with Crippen LogP contribution in [-0.4, -0.2) is 0 Å². The van der Waals surface area contributed by atoms with Crippen LogP contribution in [0.25, 0.3) is 16.2 Å². The Kier molecular flexibility index (Phi) is 2.82. The van der Waals surface area contributed by atoms with Crippen LogP contribution < -0.4 is 0 Å². The molecule has 0 radical (unpaired) electrons. The second-order valence-corrected chi connectivity index (χ2v) is 9.14. The molecule has 0 bridgehead atoms. The molecule has 1 heterocycles. The molecule has 4 unspecified atom stereocenters. The van der Waals surface area contributed by atoms with Crippen molar-refractivity contribution in [2.45, 2.75) is 19.8 Å². The summed E-state index contributed by atoms with van der Waals surface area (Å²) < 4.78 is 1.41. The Morgan fingerprint density at radius 3 is 2.74 bits per heavy atom. The molecule has 0 N–H and O–H groups in total. The second-order valence-electron chi connectivity index (χ2n) is 7.62. The molecule has 5 rings (SSSR count). The number of benzene rings is 1. The lowest BCUT2D eigenvalue weighted by Crippen LogP contribution is -2.25. The molecule has 1 aromatic carbocycles. The first kappa shape index (κ1) is 14.1. The third-order valence-corrected chi connectivity index (χ3v) is 7.73. The summed E-state index contributed by atoms with van der Waals surface area (Å²) in [4.78, 5) is 1.58. The van der Waals surface area contributed by atoms with Crippen LogP contribution >= 0.6 is 22.9 Å². The van der Waals surface area contributed by atoms with E-state index in [9.17, 15) is 0 Å². The molecule has 0 spiro atoms. The van der Waals surface area contributed by atoms with E-state index in [1.165, 1.54) is 15.6 Å². The molecule has 2 heteroatoms. The van der Waals surface area contributed by atoms with E-state index in [4.69, 9.17) is 11.6 Å². The van der Waals surface area contributed by atoms with E-state index in [1.807, 2.05) is 11.3 Å². The molecule has 4 atom stereocenters. The van der Waals surface area contributed by atoms with Gasteiger partial charge in [0.1, 0.15) is 0 Å². The molecule has 2 aromatic rings. The lowest BCUT2D eigenvalue weighted by atomic mass is 9.72. The van der Waals surface area contributed by atoms with E-state index < -0.39 is 0 Å². The molecular weight excluding hydrogens is 320 g/mol. The third-order valence-electron chi connectivity index (χ3n) is 6.19. The van der Waals surface area contributed by atoms with Crippen LogP contribution in [-0.2, 0) is 0 Å². The van der Waals surface area contributed by atoms with Gasteiger partial charge in [-0.2, -0.15) is 0 Å². The molecule has 3 aliphatic rings. The summed E-state index contributed by atoms with van der Waals surface area (Å²) in [5, 5.41) is 2.32. The Morgan fingerprint density at radius 1 is 1.04 bits per heavy atom. The van der Waals surface area contributed by atoms with Crippen molar-refractivity contribution in [2.75, 3.05) is 0 Å². The molecule has 0 saturated heterocycles. The average Bonchev–Trinajstić information content (AvgIpc) is 3.02. The number of halogens is 1. The quantitative estimate of drug-likeness (QED) is 0.508. The summed E-state index contributed by atoms with van der Waals surface area (Å²) in [6.07, 6.45) is 11.6. The first-order valence-corrected chi connectivity index (χ1v) is 9.52. The van der Waals surface area contributed by atoms with Crippen LogP contribution in [0, 0.1) is 23.2 Å². The van der Waals surface area contributed by atoms with Gasteiger partial charge in [0.15, 0.2) is 0 Å². The number of rotatable bonds is 0. The van der Waals surface area contributed by atoms with Crippen LogP contribution in [0.5, 0.6) is 0 Å². The highest BCUT2D eigenvalue weighted by Crippen LogP contribution is 2.64. The summed E-state index contributed by atoms with van der Waals surface area (Å²) in [6.45, 7) is 4.83. The highest BCUT2D eigenvalue weighted by Gasteiger charge is 2.55. The summed E-state index contributed by atoms with van der Waals surface area (Å²) in [6, 6.07) is 8.82. The van der Waals surface area contributed by atoms with Crippen LogP contribution in [0.15, 0.2) is 53.6 Å². The normalized spacial score (nSPS) is 33.3. The standard InChI is InChI=1S/C21H19ClS/c1-21(2)16-10-9-14-13-5-3-4-6-18(13)23-20(14)19(16)15-8-7-12(22)11-17(15)21/h3-11,15-17,19H,1-2H3. The molecule has 1 aromatic heterocycles. The number of hydrogen-bond donors (Lipinski definition) is 0. The van der Waals surface area contributed by atoms with Crippen LogP contribution in [0.1, 0.15) is 30.2 Å². The van der Waals surface area contributed by atoms with E-state index in [1.54, 1.807) is 4.88 Å². The zero-order chi connectivity index (χ0) is 15.8. The van der Waals surface area contributed by atoms with Gasteiger partial charge < -0.3 is 0 Å². The van der Waals surface area contributed by atoms with Gasteiger partial charge in [-0.25, -0.2) is 0 Å². The SMILES string of the molecule is CC1(C)C2C=C(Cl)C=CC2C2c3sc4ccccc4c3C=CC21. The number of thiophene rings is 1. The van der Waals surface area contributed by atoms with Crippen LogP contribution in [0.3, 0.4) is 0 Å². The third kappa shape index (κ3) is 1.78. The maximum absolute atomic E-state index is 6.33. The summed E-state index contributed by atoms with van der Waals surface area (Å²) in [5.74, 6) is 2.26. The van der Waals surface area contributed by atoms with Crippen molar-refractivity contribution in [3.63, 3.8) is 0 Å². The Bertz CT molecular complexity index is 896. The van der Waals surface area contributed by atoms with Gasteiger partial charge in [0, 0.05) is 20.5 Å². The smallest absolute Gasteiger partial charge is 0.0366 e. The predicted octanol–water partition coefficient (Wildman–Crippen LogP) is 6.59. The van der Waals surface area contributed by atoms with E-state index >= 15 is 0 Å². The fourth-order valence-corrected chi connectivity index (χ4v) is 6.66. The topological polar surface area (TPSA) is 0 Å². The molecule has 0 nitrogen and oxygen atoms in total. The monoisotopic (exact) mass is 338 g/mol. The Morgan fingerprint density at radius 2 is 1.87 bits per heavy atom. The summed E-state index contributed by atoms with van der Waals surface area (Å²) in [5.41, 5.74) is 1.70. The van der Waals surface area contributed by atoms with Crippen molar-refractivity contribution in [1.82, 2.24) is 0 Å². The van der Waals surface area contributed by atoms with Gasteiger partial charge in [-0.3, -0.25) is 0 Å². The molecule has 1 saturated carbocycles. The van der Waals surface area contributed by atoms with Crippen molar-refractivity contribution in [1.29, 1.82) is 0 Å². The highest BCUT2D eigenvalue weighted by molar-refractivity contribution is 7.19. The van der Waals surface area contributed by atoms with Crippen molar-refractivity contribution in [3.8, 4) is 0 Å². The lowest BCUT2D eigenvalue weighted by Gasteiger charge is -2.33. The maximum atomic E-state index is 6.33. The van der Waals surface area contributed by atoms with E-state index in [0.29, 0.717) is 23.7 Å². The van der Waals surface area contributed by atoms with Crippen molar-refractivity contribution in [3.05, 3.63) is 64.0 Å². The minimum Gasteiger partial charge on any atom is -0.139 e. The Hall–Kier alpha value is -1.31. The summed E-state index contributed by atoms with van der Waals surface area (Å²) >= 11 is 8.33. The second kappa shape index (κ2) is 4.62. The highest BCUT2D eigenvalue weighted by atomic mass is 35.5. The van der Waals surface area contributed by atoms with Gasteiger partial charge in [0.2, 0.25) is 0 Å². The molecule has 0 aliphatic heterocycles. The first-order valence-electron chi connectivity index (χ1n) is 8.32. The van der Waals surface area contributed by atoms with Gasteiger partial charge >= 0.3 is 0 Å². The fourth-order valence-electron chi connectivity index (χ4n) is 5.05. The van der Waals surface area contributed by atoms with Gasteiger partial charge in [-0.05, 0) is 46.3 Å². The first-order chi connectivity index (χ1) is 11.1. The molecule has 1 fully saturated rings. The van der Waals surface area contributed by atoms with Crippen molar-refractivity contribution >= 4 is 39.1 Å². The zero-order valence-corrected chi connectivity index (χ0v) is 14.9. The predicted molar refractivity (Wildman–Crippen MR) is 101 cm³/mol. The van der Waals surface area contributed by atoms with Gasteiger partial charge in [-0.15, -0.1) is 11.3 Å². The minimum atomic E-state index is 0.241.